The van der Waals surface area contributed by atoms with Gasteiger partial charge in [-0.3, -0.25) is 0 Å². The maximum Gasteiger partial charge on any atom is 0.243 e. The fourth-order valence-electron chi connectivity index (χ4n) is 3.63. The van der Waals surface area contributed by atoms with Crippen LogP contribution in [0.15, 0.2) is 47.4 Å². The highest BCUT2D eigenvalue weighted by Crippen LogP contribution is 2.41. The number of hydrogen-bond donors (Lipinski definition) is 0. The highest BCUT2D eigenvalue weighted by Gasteiger charge is 2.38. The van der Waals surface area contributed by atoms with Crippen molar-refractivity contribution < 1.29 is 17.9 Å². The molecule has 8 heteroatoms. The van der Waals surface area contributed by atoms with Crippen molar-refractivity contribution in [1.82, 2.24) is 9.29 Å². The van der Waals surface area contributed by atoms with Gasteiger partial charge in [0.05, 0.1) is 21.2 Å². The molecule has 1 saturated heterocycles. The molecule has 2 aliphatic heterocycles. The molecule has 27 heavy (non-hydrogen) atoms. The molecule has 0 N–H and O–H groups in total. The van der Waals surface area contributed by atoms with E-state index in [4.69, 9.17) is 14.5 Å². The van der Waals surface area contributed by atoms with Crippen LogP contribution in [-0.4, -0.2) is 37.5 Å². The Hall–Kier alpha value is -2.16. The molecule has 6 nitrogen and oxygen atoms in total. The van der Waals surface area contributed by atoms with Crippen LogP contribution in [0.3, 0.4) is 0 Å². The summed E-state index contributed by atoms with van der Waals surface area (Å²) in [7, 11) is -3.64. The first kappa shape index (κ1) is 17.0. The summed E-state index contributed by atoms with van der Waals surface area (Å²) in [6, 6.07) is 12.5. The third kappa shape index (κ3) is 2.88. The van der Waals surface area contributed by atoms with Crippen molar-refractivity contribution >= 4 is 31.6 Å². The Labute approximate surface area is 161 Å². The summed E-state index contributed by atoms with van der Waals surface area (Å²) in [4.78, 5) is 4.93. The summed E-state index contributed by atoms with van der Waals surface area (Å²) >= 11 is 1.57. The van der Waals surface area contributed by atoms with Crippen molar-refractivity contribution in [2.45, 2.75) is 23.8 Å². The van der Waals surface area contributed by atoms with Crippen LogP contribution in [0.2, 0.25) is 0 Å². The van der Waals surface area contributed by atoms with Crippen molar-refractivity contribution in [3.8, 4) is 11.5 Å². The number of hydrogen-bond acceptors (Lipinski definition) is 6. The first-order valence-electron chi connectivity index (χ1n) is 8.90. The van der Waals surface area contributed by atoms with Crippen molar-refractivity contribution in [3.05, 3.63) is 47.5 Å². The van der Waals surface area contributed by atoms with Gasteiger partial charge in [0, 0.05) is 12.6 Å². The molecule has 0 spiro atoms. The minimum atomic E-state index is -3.64. The summed E-state index contributed by atoms with van der Waals surface area (Å²) in [5.74, 6) is 1.07. The van der Waals surface area contributed by atoms with Crippen molar-refractivity contribution in [2.24, 2.45) is 0 Å². The molecule has 0 bridgehead atoms. The molecule has 0 amide bonds. The van der Waals surface area contributed by atoms with E-state index < -0.39 is 10.0 Å². The molecule has 1 fully saturated rings. The summed E-state index contributed by atoms with van der Waals surface area (Å²) in [5, 5.41) is 0.856. The molecule has 3 aromatic rings. The largest absolute Gasteiger partial charge is 0.486 e. The second-order valence-electron chi connectivity index (χ2n) is 6.60. The van der Waals surface area contributed by atoms with Crippen LogP contribution in [0.5, 0.6) is 11.5 Å². The van der Waals surface area contributed by atoms with Crippen LogP contribution in [0.25, 0.3) is 10.2 Å². The average Bonchev–Trinajstić information content (AvgIpc) is 3.34. The fourth-order valence-corrected chi connectivity index (χ4v) is 6.49. The van der Waals surface area contributed by atoms with Crippen LogP contribution in [0, 0.1) is 0 Å². The molecule has 0 unspecified atom stereocenters. The van der Waals surface area contributed by atoms with Gasteiger partial charge in [-0.05, 0) is 37.1 Å². The van der Waals surface area contributed by atoms with Crippen LogP contribution in [-0.2, 0) is 10.0 Å². The molecular weight excluding hydrogens is 384 g/mol. The zero-order valence-corrected chi connectivity index (χ0v) is 16.1. The van der Waals surface area contributed by atoms with Gasteiger partial charge in [-0.2, -0.15) is 4.31 Å². The maximum absolute atomic E-state index is 13.3. The lowest BCUT2D eigenvalue weighted by Gasteiger charge is -2.24. The Morgan fingerprint density at radius 1 is 1.07 bits per heavy atom. The number of nitrogens with zero attached hydrogens (tertiary/aromatic N) is 2. The van der Waals surface area contributed by atoms with Crippen molar-refractivity contribution in [2.75, 3.05) is 19.8 Å². The topological polar surface area (TPSA) is 68.7 Å². The molecule has 140 valence electrons. The van der Waals surface area contributed by atoms with Gasteiger partial charge in [-0.1, -0.05) is 12.1 Å². The Balaban J connectivity index is 1.52. The van der Waals surface area contributed by atoms with E-state index in [0.717, 1.165) is 28.1 Å². The fraction of sp³-hybridized carbons (Fsp3) is 0.316. The Kier molecular flexibility index (Phi) is 4.07. The van der Waals surface area contributed by atoms with E-state index in [-0.39, 0.29) is 10.9 Å². The average molecular weight is 402 g/mol. The Bertz CT molecular complexity index is 1080. The standard InChI is InChI=1S/C19H18N2O4S2/c22-27(23,13-7-8-16-17(12-13)25-11-10-24-16)21-9-3-5-15(21)19-20-14-4-1-2-6-18(14)26-19/h1-2,4,6-8,12,15H,3,5,9-11H2/t15-/m1/s1. The van der Waals surface area contributed by atoms with Crippen molar-refractivity contribution in [1.29, 1.82) is 0 Å². The number of rotatable bonds is 3. The monoisotopic (exact) mass is 402 g/mol. The van der Waals surface area contributed by atoms with Gasteiger partial charge in [0.1, 0.15) is 18.2 Å². The van der Waals surface area contributed by atoms with E-state index in [1.807, 2.05) is 24.3 Å². The quantitative estimate of drug-likeness (QED) is 0.670. The van der Waals surface area contributed by atoms with Gasteiger partial charge >= 0.3 is 0 Å². The molecule has 0 aliphatic carbocycles. The number of thiazole rings is 1. The number of ether oxygens (including phenoxy) is 2. The highest BCUT2D eigenvalue weighted by molar-refractivity contribution is 7.89. The van der Waals surface area contributed by atoms with E-state index >= 15 is 0 Å². The molecule has 1 aromatic heterocycles. The van der Waals surface area contributed by atoms with E-state index in [0.29, 0.717) is 31.3 Å². The number of benzene rings is 2. The van der Waals surface area contributed by atoms with Gasteiger partial charge in [0.25, 0.3) is 0 Å². The third-order valence-corrected chi connectivity index (χ3v) is 7.96. The molecule has 0 radical (unpaired) electrons. The summed E-state index contributed by atoms with van der Waals surface area (Å²) < 4.78 is 40.4. The number of para-hydroxylation sites is 1. The first-order chi connectivity index (χ1) is 13.1. The zero-order valence-electron chi connectivity index (χ0n) is 14.5. The number of aromatic nitrogens is 1. The van der Waals surface area contributed by atoms with Crippen LogP contribution in [0.1, 0.15) is 23.9 Å². The van der Waals surface area contributed by atoms with E-state index in [9.17, 15) is 8.42 Å². The second-order valence-corrected chi connectivity index (χ2v) is 9.55. The van der Waals surface area contributed by atoms with Gasteiger partial charge in [0.2, 0.25) is 10.0 Å². The predicted octanol–water partition coefficient (Wildman–Crippen LogP) is 3.59. The molecule has 5 rings (SSSR count). The summed E-state index contributed by atoms with van der Waals surface area (Å²) in [6.45, 7) is 1.40. The van der Waals surface area contributed by atoms with Crippen molar-refractivity contribution in [3.63, 3.8) is 0 Å². The number of fused-ring (bicyclic) bond motifs is 2. The van der Waals surface area contributed by atoms with Crippen LogP contribution >= 0.6 is 11.3 Å². The SMILES string of the molecule is O=S(=O)(c1ccc2c(c1)OCCO2)N1CCC[C@@H]1c1nc2ccccc2s1. The van der Waals surface area contributed by atoms with Gasteiger partial charge < -0.3 is 9.47 Å². The second kappa shape index (κ2) is 6.47. The Morgan fingerprint density at radius 3 is 2.74 bits per heavy atom. The first-order valence-corrected chi connectivity index (χ1v) is 11.2. The van der Waals surface area contributed by atoms with E-state index in [1.165, 1.54) is 0 Å². The normalized spacial score (nSPS) is 20.2. The van der Waals surface area contributed by atoms with E-state index in [2.05, 4.69) is 0 Å². The minimum Gasteiger partial charge on any atom is -0.486 e. The Morgan fingerprint density at radius 2 is 1.89 bits per heavy atom. The third-order valence-electron chi connectivity index (χ3n) is 4.92. The smallest absolute Gasteiger partial charge is 0.243 e. The molecule has 2 aliphatic rings. The van der Waals surface area contributed by atoms with E-state index in [1.54, 1.807) is 33.8 Å². The lowest BCUT2D eigenvalue weighted by atomic mass is 10.2. The lowest BCUT2D eigenvalue weighted by Crippen LogP contribution is -2.30. The molecule has 0 saturated carbocycles. The molecule has 2 aromatic carbocycles. The predicted molar refractivity (Wildman–Crippen MR) is 103 cm³/mol. The molecule has 3 heterocycles. The van der Waals surface area contributed by atoms with Gasteiger partial charge in [-0.15, -0.1) is 11.3 Å². The summed E-state index contributed by atoms with van der Waals surface area (Å²) in [6.07, 6.45) is 1.61. The van der Waals surface area contributed by atoms with Crippen LogP contribution < -0.4 is 9.47 Å². The lowest BCUT2D eigenvalue weighted by molar-refractivity contribution is 0.171. The number of sulfonamides is 1. The summed E-state index contributed by atoms with van der Waals surface area (Å²) in [5.41, 5.74) is 0.918. The highest BCUT2D eigenvalue weighted by atomic mass is 32.2. The zero-order chi connectivity index (χ0) is 18.4. The minimum absolute atomic E-state index is 0.222. The molecule has 1 atom stereocenters. The van der Waals surface area contributed by atoms with Crippen LogP contribution in [0.4, 0.5) is 0 Å². The maximum atomic E-state index is 13.3. The van der Waals surface area contributed by atoms with Gasteiger partial charge in [-0.25, -0.2) is 13.4 Å². The van der Waals surface area contributed by atoms with Gasteiger partial charge in [0.15, 0.2) is 11.5 Å². The molecular formula is C19H18N2O4S2.